The second-order valence-electron chi connectivity index (χ2n) is 8.07. The third-order valence-electron chi connectivity index (χ3n) is 6.44. The highest BCUT2D eigenvalue weighted by Gasteiger charge is 2.39. The van der Waals surface area contributed by atoms with E-state index in [1.165, 1.54) is 6.92 Å². The largest absolute Gasteiger partial charge is 0.493 e. The van der Waals surface area contributed by atoms with Crippen LogP contribution in [0.4, 0.5) is 0 Å². The number of aliphatic hydroxyl groups excluding tert-OH is 1. The molecule has 0 saturated carbocycles. The number of hydrogen-bond donors (Lipinski definition) is 1. The van der Waals surface area contributed by atoms with Crippen LogP contribution in [0.15, 0.2) is 30.3 Å². The van der Waals surface area contributed by atoms with Gasteiger partial charge in [-0.3, -0.25) is 9.69 Å². The smallest absolute Gasteiger partial charge is 0.308 e. The Labute approximate surface area is 187 Å². The van der Waals surface area contributed by atoms with Crippen LogP contribution in [-0.2, 0) is 11.3 Å². The first-order chi connectivity index (χ1) is 14.5. The maximum Gasteiger partial charge on any atom is 0.308 e. The molecule has 164 valence electrons. The summed E-state index contributed by atoms with van der Waals surface area (Å²) >= 11 is 0. The SMILES string of the molecule is COc1cc2c3c(c4ccc(OC(C)=O)cc4c2cc1OC)[C@H](O)[C@@H]1CCCN1C3.Cl. The van der Waals surface area contributed by atoms with Crippen LogP contribution in [0, 0.1) is 0 Å². The zero-order chi connectivity index (χ0) is 21.0. The summed E-state index contributed by atoms with van der Waals surface area (Å²) < 4.78 is 16.5. The molecular weight excluding hydrogens is 418 g/mol. The maximum atomic E-state index is 11.5. The van der Waals surface area contributed by atoms with Gasteiger partial charge in [0, 0.05) is 19.5 Å². The number of fused-ring (bicyclic) bond motifs is 7. The summed E-state index contributed by atoms with van der Waals surface area (Å²) in [6.45, 7) is 3.19. The van der Waals surface area contributed by atoms with Crippen molar-refractivity contribution in [3.05, 3.63) is 41.5 Å². The standard InChI is InChI=1S/C24H25NO5.ClH/c1-13(26)30-14-6-7-15-16(9-14)17-10-21(28-2)22(29-3)11-18(17)19-12-25-8-4-5-20(25)24(27)23(15)19;/h6-7,9-11,20,24,27H,4-5,8,12H2,1-3H3;1H/t20-,24+;/m0./s1. The van der Waals surface area contributed by atoms with Crippen molar-refractivity contribution in [2.24, 2.45) is 0 Å². The second kappa shape index (κ2) is 8.19. The quantitative estimate of drug-likeness (QED) is 0.368. The van der Waals surface area contributed by atoms with Gasteiger partial charge in [0.1, 0.15) is 5.75 Å². The molecule has 6 nitrogen and oxygen atoms in total. The Morgan fingerprint density at radius 3 is 2.39 bits per heavy atom. The Morgan fingerprint density at radius 2 is 1.71 bits per heavy atom. The molecule has 2 aliphatic heterocycles. The number of ether oxygens (including phenoxy) is 3. The van der Waals surface area contributed by atoms with Crippen LogP contribution < -0.4 is 14.2 Å². The Balaban J connectivity index is 0.00000231. The predicted molar refractivity (Wildman–Crippen MR) is 122 cm³/mol. The van der Waals surface area contributed by atoms with Crippen LogP contribution in [-0.4, -0.2) is 42.8 Å². The van der Waals surface area contributed by atoms with Crippen LogP contribution in [0.1, 0.15) is 37.0 Å². The molecule has 2 aliphatic rings. The number of halogens is 1. The van der Waals surface area contributed by atoms with Gasteiger partial charge in [-0.25, -0.2) is 0 Å². The molecule has 3 aromatic rings. The van der Waals surface area contributed by atoms with Crippen molar-refractivity contribution in [2.75, 3.05) is 20.8 Å². The summed E-state index contributed by atoms with van der Waals surface area (Å²) in [5, 5.41) is 15.3. The zero-order valence-corrected chi connectivity index (χ0v) is 18.6. The molecule has 1 fully saturated rings. The van der Waals surface area contributed by atoms with E-state index in [9.17, 15) is 9.90 Å². The van der Waals surface area contributed by atoms with Crippen molar-refractivity contribution in [1.82, 2.24) is 4.90 Å². The first-order valence-electron chi connectivity index (χ1n) is 10.3. The molecule has 31 heavy (non-hydrogen) atoms. The first kappa shape index (κ1) is 21.7. The van der Waals surface area contributed by atoms with E-state index in [1.54, 1.807) is 20.3 Å². The fraction of sp³-hybridized carbons (Fsp3) is 0.375. The fourth-order valence-electron chi connectivity index (χ4n) is 5.18. The zero-order valence-electron chi connectivity index (χ0n) is 17.8. The molecule has 0 unspecified atom stereocenters. The number of benzene rings is 3. The topological polar surface area (TPSA) is 68.2 Å². The number of carbonyl (C=O) groups is 1. The molecule has 0 bridgehead atoms. The Bertz CT molecular complexity index is 1180. The highest BCUT2D eigenvalue weighted by molar-refractivity contribution is 6.12. The minimum atomic E-state index is -0.559. The van der Waals surface area contributed by atoms with Crippen LogP contribution in [0.25, 0.3) is 21.5 Å². The number of carbonyl (C=O) groups excluding carboxylic acids is 1. The summed E-state index contributed by atoms with van der Waals surface area (Å²) in [7, 11) is 3.24. The van der Waals surface area contributed by atoms with Gasteiger partial charge < -0.3 is 19.3 Å². The van der Waals surface area contributed by atoms with Crippen molar-refractivity contribution in [3.63, 3.8) is 0 Å². The van der Waals surface area contributed by atoms with Crippen LogP contribution in [0.3, 0.4) is 0 Å². The number of nitrogens with zero attached hydrogens (tertiary/aromatic N) is 1. The van der Waals surface area contributed by atoms with Crippen molar-refractivity contribution in [1.29, 1.82) is 0 Å². The molecule has 7 heteroatoms. The number of rotatable bonds is 3. The monoisotopic (exact) mass is 443 g/mol. The van der Waals surface area contributed by atoms with Gasteiger partial charge in [0.05, 0.1) is 20.3 Å². The van der Waals surface area contributed by atoms with E-state index in [0.717, 1.165) is 58.6 Å². The lowest BCUT2D eigenvalue weighted by Gasteiger charge is -2.37. The molecule has 2 heterocycles. The lowest BCUT2D eigenvalue weighted by atomic mass is 9.83. The lowest BCUT2D eigenvalue weighted by Crippen LogP contribution is -2.39. The number of hydrogen-bond acceptors (Lipinski definition) is 6. The normalized spacial score (nSPS) is 20.1. The summed E-state index contributed by atoms with van der Waals surface area (Å²) in [6, 6.07) is 9.73. The molecule has 0 spiro atoms. The number of esters is 1. The third-order valence-corrected chi connectivity index (χ3v) is 6.44. The Kier molecular flexibility index (Phi) is 5.73. The maximum absolute atomic E-state index is 11.5. The number of methoxy groups -OCH3 is 2. The average Bonchev–Trinajstić information content (AvgIpc) is 3.21. The van der Waals surface area contributed by atoms with E-state index in [2.05, 4.69) is 4.90 Å². The molecule has 2 atom stereocenters. The lowest BCUT2D eigenvalue weighted by molar-refractivity contribution is -0.131. The van der Waals surface area contributed by atoms with E-state index in [1.807, 2.05) is 24.3 Å². The van der Waals surface area contributed by atoms with Gasteiger partial charge in [-0.1, -0.05) is 6.07 Å². The van der Waals surface area contributed by atoms with Crippen LogP contribution in [0.2, 0.25) is 0 Å². The molecule has 0 radical (unpaired) electrons. The minimum Gasteiger partial charge on any atom is -0.493 e. The van der Waals surface area contributed by atoms with Gasteiger partial charge in [0.25, 0.3) is 0 Å². The molecule has 1 saturated heterocycles. The number of aliphatic hydroxyl groups is 1. The van der Waals surface area contributed by atoms with E-state index >= 15 is 0 Å². The minimum absolute atomic E-state index is 0. The predicted octanol–water partition coefficient (Wildman–Crippen LogP) is 4.37. The molecule has 3 aromatic carbocycles. The van der Waals surface area contributed by atoms with E-state index < -0.39 is 6.10 Å². The summed E-state index contributed by atoms with van der Waals surface area (Å²) in [5.41, 5.74) is 2.10. The van der Waals surface area contributed by atoms with Gasteiger partial charge in [0.15, 0.2) is 11.5 Å². The highest BCUT2D eigenvalue weighted by atomic mass is 35.5. The molecule has 5 rings (SSSR count). The third kappa shape index (κ3) is 3.39. The van der Waals surface area contributed by atoms with Crippen LogP contribution in [0.5, 0.6) is 17.2 Å². The summed E-state index contributed by atoms with van der Waals surface area (Å²) in [4.78, 5) is 13.9. The Hall–Kier alpha value is -2.54. The van der Waals surface area contributed by atoms with E-state index in [-0.39, 0.29) is 24.4 Å². The fourth-order valence-corrected chi connectivity index (χ4v) is 5.18. The highest BCUT2D eigenvalue weighted by Crippen LogP contribution is 2.47. The van der Waals surface area contributed by atoms with E-state index in [0.29, 0.717) is 17.2 Å². The van der Waals surface area contributed by atoms with Gasteiger partial charge in [0.2, 0.25) is 0 Å². The molecule has 0 amide bonds. The second-order valence-corrected chi connectivity index (χ2v) is 8.07. The van der Waals surface area contributed by atoms with Crippen molar-refractivity contribution < 1.29 is 24.1 Å². The Morgan fingerprint density at radius 1 is 1.03 bits per heavy atom. The molecular formula is C24H26ClNO5. The van der Waals surface area contributed by atoms with Crippen LogP contribution >= 0.6 is 12.4 Å². The van der Waals surface area contributed by atoms with Gasteiger partial charge in [-0.05, 0) is 76.3 Å². The van der Waals surface area contributed by atoms with Crippen molar-refractivity contribution in [3.8, 4) is 17.2 Å². The summed E-state index contributed by atoms with van der Waals surface area (Å²) in [5.74, 6) is 1.41. The molecule has 0 aliphatic carbocycles. The first-order valence-corrected chi connectivity index (χ1v) is 10.3. The average molecular weight is 444 g/mol. The van der Waals surface area contributed by atoms with Gasteiger partial charge in [-0.2, -0.15) is 0 Å². The molecule has 1 N–H and O–H groups in total. The van der Waals surface area contributed by atoms with Gasteiger partial charge in [-0.15, -0.1) is 12.4 Å². The summed E-state index contributed by atoms with van der Waals surface area (Å²) in [6.07, 6.45) is 1.53. The molecule has 0 aromatic heterocycles. The van der Waals surface area contributed by atoms with Crippen molar-refractivity contribution in [2.45, 2.75) is 38.5 Å². The van der Waals surface area contributed by atoms with E-state index in [4.69, 9.17) is 14.2 Å². The van der Waals surface area contributed by atoms with Crippen molar-refractivity contribution >= 4 is 39.9 Å². The van der Waals surface area contributed by atoms with Gasteiger partial charge >= 0.3 is 5.97 Å².